The third kappa shape index (κ3) is 2.68. The zero-order valence-electron chi connectivity index (χ0n) is 8.49. The van der Waals surface area contributed by atoms with E-state index in [-0.39, 0.29) is 11.6 Å². The fraction of sp³-hybridized carbons (Fsp3) is 0.0833. The molecule has 0 bridgehead atoms. The first kappa shape index (κ1) is 12.6. The van der Waals surface area contributed by atoms with E-state index in [1.807, 2.05) is 0 Å². The lowest BCUT2D eigenvalue weighted by Gasteiger charge is -2.07. The first-order chi connectivity index (χ1) is 8.09. The van der Waals surface area contributed by atoms with E-state index in [1.165, 1.54) is 35.6 Å². The van der Waals surface area contributed by atoms with Crippen molar-refractivity contribution in [1.29, 1.82) is 0 Å². The number of hydrogen-bond donors (Lipinski definition) is 0. The Morgan fingerprint density at radius 3 is 2.41 bits per heavy atom. The molecule has 0 spiro atoms. The Labute approximate surface area is 112 Å². The smallest absolute Gasteiger partial charge is 0.196 e. The van der Waals surface area contributed by atoms with Gasteiger partial charge in [-0.3, -0.25) is 4.79 Å². The van der Waals surface area contributed by atoms with Gasteiger partial charge in [0, 0.05) is 0 Å². The SMILES string of the molecule is O=C(c1sccc1Cl)C(Cl)c1ccc(F)cc1. The van der Waals surface area contributed by atoms with E-state index in [4.69, 9.17) is 23.2 Å². The minimum atomic E-state index is -0.841. The molecule has 0 saturated carbocycles. The summed E-state index contributed by atoms with van der Waals surface area (Å²) in [6.07, 6.45) is 0. The van der Waals surface area contributed by atoms with Crippen LogP contribution in [0.15, 0.2) is 35.7 Å². The Morgan fingerprint density at radius 1 is 1.24 bits per heavy atom. The van der Waals surface area contributed by atoms with Gasteiger partial charge in [-0.05, 0) is 29.1 Å². The third-order valence-corrected chi connectivity index (χ3v) is 4.04. The summed E-state index contributed by atoms with van der Waals surface area (Å²) in [5, 5.41) is 1.28. The quantitative estimate of drug-likeness (QED) is 0.591. The number of halogens is 3. The van der Waals surface area contributed by atoms with Crippen LogP contribution in [0.1, 0.15) is 20.6 Å². The second kappa shape index (κ2) is 5.17. The Bertz CT molecular complexity index is 536. The molecule has 0 aliphatic rings. The molecule has 2 rings (SSSR count). The van der Waals surface area contributed by atoms with Gasteiger partial charge >= 0.3 is 0 Å². The van der Waals surface area contributed by atoms with E-state index in [0.717, 1.165) is 0 Å². The lowest BCUT2D eigenvalue weighted by atomic mass is 10.1. The normalized spacial score (nSPS) is 12.4. The maximum absolute atomic E-state index is 12.7. The highest BCUT2D eigenvalue weighted by atomic mass is 35.5. The van der Waals surface area contributed by atoms with Crippen molar-refractivity contribution in [3.63, 3.8) is 0 Å². The fourth-order valence-electron chi connectivity index (χ4n) is 1.37. The maximum Gasteiger partial charge on any atom is 0.196 e. The summed E-state index contributed by atoms with van der Waals surface area (Å²) < 4.78 is 12.7. The Hall–Kier alpha value is -0.900. The van der Waals surface area contributed by atoms with Gasteiger partial charge in [-0.25, -0.2) is 4.39 Å². The number of benzene rings is 1. The average Bonchev–Trinajstić information content (AvgIpc) is 2.74. The summed E-state index contributed by atoms with van der Waals surface area (Å²) in [6, 6.07) is 7.18. The topological polar surface area (TPSA) is 17.1 Å². The molecule has 1 heterocycles. The van der Waals surface area contributed by atoms with E-state index in [0.29, 0.717) is 15.5 Å². The number of alkyl halides is 1. The van der Waals surface area contributed by atoms with Crippen LogP contribution < -0.4 is 0 Å². The number of hydrogen-bond acceptors (Lipinski definition) is 2. The Morgan fingerprint density at radius 2 is 1.88 bits per heavy atom. The third-order valence-electron chi connectivity index (χ3n) is 2.23. The molecule has 1 aromatic heterocycles. The molecule has 1 atom stereocenters. The van der Waals surface area contributed by atoms with E-state index in [1.54, 1.807) is 11.4 Å². The van der Waals surface area contributed by atoms with Crippen LogP contribution in [-0.4, -0.2) is 5.78 Å². The van der Waals surface area contributed by atoms with Gasteiger partial charge in [0.2, 0.25) is 0 Å². The predicted molar refractivity (Wildman–Crippen MR) is 68.7 cm³/mol. The van der Waals surface area contributed by atoms with Crippen LogP contribution in [0.3, 0.4) is 0 Å². The van der Waals surface area contributed by atoms with Gasteiger partial charge in [-0.15, -0.1) is 22.9 Å². The molecule has 1 unspecified atom stereocenters. The number of thiophene rings is 1. The minimum absolute atomic E-state index is 0.265. The standard InChI is InChI=1S/C12H7Cl2FOS/c13-9-5-6-17-12(9)11(16)10(14)7-1-3-8(15)4-2-7/h1-6,10H. The van der Waals surface area contributed by atoms with Gasteiger partial charge in [0.15, 0.2) is 5.78 Å². The Kier molecular flexibility index (Phi) is 3.82. The predicted octanol–water partition coefficient (Wildman–Crippen LogP) is 4.70. The number of Topliss-reactive ketones (excluding diaryl/α,β-unsaturated/α-hetero) is 1. The van der Waals surface area contributed by atoms with Gasteiger partial charge in [-0.1, -0.05) is 23.7 Å². The highest BCUT2D eigenvalue weighted by molar-refractivity contribution is 7.13. The van der Waals surface area contributed by atoms with Crippen LogP contribution in [-0.2, 0) is 0 Å². The molecule has 17 heavy (non-hydrogen) atoms. The highest BCUT2D eigenvalue weighted by Crippen LogP contribution is 2.31. The Balaban J connectivity index is 2.26. The second-order valence-corrected chi connectivity index (χ2v) is 5.14. The van der Waals surface area contributed by atoms with E-state index < -0.39 is 5.38 Å². The number of carbonyl (C=O) groups excluding carboxylic acids is 1. The molecule has 0 aliphatic carbocycles. The monoisotopic (exact) mass is 288 g/mol. The lowest BCUT2D eigenvalue weighted by molar-refractivity contribution is 0.0991. The molecule has 1 aromatic carbocycles. The summed E-state index contributed by atoms with van der Waals surface area (Å²) in [5.74, 6) is -0.627. The molecule has 0 aliphatic heterocycles. The number of rotatable bonds is 3. The molecule has 0 radical (unpaired) electrons. The van der Waals surface area contributed by atoms with Crippen LogP contribution in [0.25, 0.3) is 0 Å². The first-order valence-corrected chi connectivity index (χ1v) is 6.45. The average molecular weight is 289 g/mol. The van der Waals surface area contributed by atoms with Crippen molar-refractivity contribution in [2.45, 2.75) is 5.38 Å². The molecule has 88 valence electrons. The first-order valence-electron chi connectivity index (χ1n) is 4.76. The molecule has 5 heteroatoms. The summed E-state index contributed by atoms with van der Waals surface area (Å²) in [7, 11) is 0. The summed E-state index contributed by atoms with van der Waals surface area (Å²) in [5.41, 5.74) is 0.558. The van der Waals surface area contributed by atoms with E-state index in [9.17, 15) is 9.18 Å². The second-order valence-electron chi connectivity index (χ2n) is 3.38. The molecular formula is C12H7Cl2FOS. The van der Waals surface area contributed by atoms with Crippen molar-refractivity contribution in [3.05, 3.63) is 57.0 Å². The molecule has 0 amide bonds. The van der Waals surface area contributed by atoms with E-state index in [2.05, 4.69) is 0 Å². The number of carbonyl (C=O) groups is 1. The maximum atomic E-state index is 12.7. The lowest BCUT2D eigenvalue weighted by Crippen LogP contribution is -2.06. The summed E-state index contributed by atoms with van der Waals surface area (Å²) in [4.78, 5) is 12.4. The zero-order chi connectivity index (χ0) is 12.4. The van der Waals surface area contributed by atoms with Crippen molar-refractivity contribution < 1.29 is 9.18 Å². The van der Waals surface area contributed by atoms with Crippen LogP contribution in [0.4, 0.5) is 4.39 Å². The molecule has 0 fully saturated rings. The molecule has 0 N–H and O–H groups in total. The van der Waals surface area contributed by atoms with Gasteiger partial charge < -0.3 is 0 Å². The largest absolute Gasteiger partial charge is 0.291 e. The van der Waals surface area contributed by atoms with Crippen molar-refractivity contribution in [2.24, 2.45) is 0 Å². The van der Waals surface area contributed by atoms with Crippen LogP contribution >= 0.6 is 34.5 Å². The van der Waals surface area contributed by atoms with Crippen molar-refractivity contribution in [1.82, 2.24) is 0 Å². The minimum Gasteiger partial charge on any atom is -0.291 e. The van der Waals surface area contributed by atoms with Crippen molar-refractivity contribution in [3.8, 4) is 0 Å². The van der Waals surface area contributed by atoms with Crippen LogP contribution in [0.2, 0.25) is 5.02 Å². The molecule has 2 aromatic rings. The van der Waals surface area contributed by atoms with Crippen molar-refractivity contribution in [2.75, 3.05) is 0 Å². The summed E-state index contributed by atoms with van der Waals surface area (Å²) in [6.45, 7) is 0. The molecular weight excluding hydrogens is 282 g/mol. The van der Waals surface area contributed by atoms with Gasteiger partial charge in [0.05, 0.1) is 9.90 Å². The number of ketones is 1. The van der Waals surface area contributed by atoms with Crippen LogP contribution in [0.5, 0.6) is 0 Å². The van der Waals surface area contributed by atoms with E-state index >= 15 is 0 Å². The van der Waals surface area contributed by atoms with Crippen molar-refractivity contribution >= 4 is 40.3 Å². The fourth-order valence-corrected chi connectivity index (χ4v) is 2.81. The van der Waals surface area contributed by atoms with Gasteiger partial charge in [0.1, 0.15) is 11.2 Å². The molecule has 0 saturated heterocycles. The van der Waals surface area contributed by atoms with Crippen LogP contribution in [0, 0.1) is 5.82 Å². The van der Waals surface area contributed by atoms with Gasteiger partial charge in [-0.2, -0.15) is 0 Å². The highest BCUT2D eigenvalue weighted by Gasteiger charge is 2.22. The van der Waals surface area contributed by atoms with Gasteiger partial charge in [0.25, 0.3) is 0 Å². The summed E-state index contributed by atoms with van der Waals surface area (Å²) >= 11 is 13.2. The zero-order valence-corrected chi connectivity index (χ0v) is 10.8. The molecule has 1 nitrogen and oxygen atoms in total.